The van der Waals surface area contributed by atoms with Gasteiger partial charge >= 0.3 is 5.97 Å². The van der Waals surface area contributed by atoms with Crippen molar-refractivity contribution in [3.63, 3.8) is 0 Å². The SMILES string of the molecule is CCCC[N+]([O-])(CCC(=O)NC(=O)C=O)CCC(C)CC(=O)O. The first kappa shape index (κ1) is 21.2. The predicted molar refractivity (Wildman–Crippen MR) is 83.0 cm³/mol. The summed E-state index contributed by atoms with van der Waals surface area (Å²) in [7, 11) is 0. The molecule has 2 unspecified atom stereocenters. The molecular formula is C15H26N2O6. The van der Waals surface area contributed by atoms with E-state index < -0.39 is 22.4 Å². The van der Waals surface area contributed by atoms with E-state index >= 15 is 0 Å². The largest absolute Gasteiger partial charge is 0.633 e. The average Bonchev–Trinajstić information content (AvgIpc) is 2.48. The van der Waals surface area contributed by atoms with Crippen LogP contribution in [0.25, 0.3) is 0 Å². The molecule has 8 nitrogen and oxygen atoms in total. The number of imide groups is 1. The third-order valence-electron chi connectivity index (χ3n) is 3.59. The third kappa shape index (κ3) is 10.5. The summed E-state index contributed by atoms with van der Waals surface area (Å²) in [6.45, 7) is 4.28. The van der Waals surface area contributed by atoms with E-state index in [1.54, 1.807) is 6.92 Å². The lowest BCUT2D eigenvalue weighted by molar-refractivity contribution is -0.880. The lowest BCUT2D eigenvalue weighted by atomic mass is 10.0. The molecule has 0 heterocycles. The second-order valence-electron chi connectivity index (χ2n) is 5.85. The molecule has 0 bridgehead atoms. The summed E-state index contributed by atoms with van der Waals surface area (Å²) in [5, 5.41) is 23.4. The number of hydroxylamine groups is 3. The molecule has 0 saturated heterocycles. The van der Waals surface area contributed by atoms with Crippen molar-refractivity contribution in [2.75, 3.05) is 19.6 Å². The minimum atomic E-state index is -1.03. The summed E-state index contributed by atoms with van der Waals surface area (Å²) in [6.07, 6.45) is 1.84. The summed E-state index contributed by atoms with van der Waals surface area (Å²) in [6, 6.07) is 0. The molecule has 2 atom stereocenters. The number of carboxylic acids is 1. The predicted octanol–water partition coefficient (Wildman–Crippen LogP) is 0.834. The molecule has 0 aromatic heterocycles. The van der Waals surface area contributed by atoms with Crippen LogP contribution in [0.15, 0.2) is 0 Å². The molecule has 8 heteroatoms. The molecule has 0 fully saturated rings. The van der Waals surface area contributed by atoms with Crippen LogP contribution in [-0.2, 0) is 19.2 Å². The van der Waals surface area contributed by atoms with Crippen LogP contribution in [-0.4, -0.2) is 53.5 Å². The molecule has 0 radical (unpaired) electrons. The van der Waals surface area contributed by atoms with Crippen molar-refractivity contribution in [3.05, 3.63) is 5.21 Å². The molecule has 2 N–H and O–H groups in total. The molecule has 0 aliphatic heterocycles. The van der Waals surface area contributed by atoms with Gasteiger partial charge in [0.2, 0.25) is 12.2 Å². The van der Waals surface area contributed by atoms with Gasteiger partial charge in [0, 0.05) is 6.42 Å². The number of hydrogen-bond acceptors (Lipinski definition) is 5. The van der Waals surface area contributed by atoms with Crippen molar-refractivity contribution in [2.45, 2.75) is 46.0 Å². The smallest absolute Gasteiger partial charge is 0.303 e. The average molecular weight is 330 g/mol. The Labute approximate surface area is 136 Å². The van der Waals surface area contributed by atoms with Crippen molar-refractivity contribution in [1.82, 2.24) is 5.32 Å². The zero-order valence-corrected chi connectivity index (χ0v) is 13.7. The summed E-state index contributed by atoms with van der Waals surface area (Å²) in [5.74, 6) is -2.70. The highest BCUT2D eigenvalue weighted by Gasteiger charge is 2.21. The third-order valence-corrected chi connectivity index (χ3v) is 3.59. The van der Waals surface area contributed by atoms with Gasteiger partial charge in [0.15, 0.2) is 0 Å². The molecule has 0 aromatic carbocycles. The Morgan fingerprint density at radius 2 is 1.91 bits per heavy atom. The van der Waals surface area contributed by atoms with Crippen molar-refractivity contribution >= 4 is 24.1 Å². The highest BCUT2D eigenvalue weighted by atomic mass is 16.5. The molecule has 2 amide bonds. The number of nitrogens with one attached hydrogen (secondary N) is 1. The van der Waals surface area contributed by atoms with Gasteiger partial charge < -0.3 is 15.0 Å². The Kier molecular flexibility index (Phi) is 10.00. The number of quaternary nitrogens is 1. The molecule has 0 rings (SSSR count). The minimum Gasteiger partial charge on any atom is -0.633 e. The van der Waals surface area contributed by atoms with Crippen LogP contribution < -0.4 is 5.32 Å². The van der Waals surface area contributed by atoms with Crippen LogP contribution in [0.2, 0.25) is 0 Å². The number of nitrogens with zero attached hydrogens (tertiary/aromatic N) is 1. The fourth-order valence-corrected chi connectivity index (χ4v) is 2.17. The number of unbranched alkanes of at least 4 members (excludes halogenated alkanes) is 1. The van der Waals surface area contributed by atoms with Crippen molar-refractivity contribution in [2.24, 2.45) is 5.92 Å². The maximum Gasteiger partial charge on any atom is 0.303 e. The second kappa shape index (κ2) is 10.8. The van der Waals surface area contributed by atoms with Gasteiger partial charge in [-0.25, -0.2) is 0 Å². The molecule has 0 aliphatic rings. The number of rotatable bonds is 12. The number of aldehydes is 1. The lowest BCUT2D eigenvalue weighted by Crippen LogP contribution is -2.47. The minimum absolute atomic E-state index is 0.00185. The van der Waals surface area contributed by atoms with Crippen molar-refractivity contribution in [3.8, 4) is 0 Å². The lowest BCUT2D eigenvalue weighted by Gasteiger charge is -2.43. The molecule has 0 aliphatic carbocycles. The molecule has 0 spiro atoms. The van der Waals surface area contributed by atoms with Crippen LogP contribution in [0, 0.1) is 11.1 Å². The molecule has 23 heavy (non-hydrogen) atoms. The zero-order chi connectivity index (χ0) is 17.9. The summed E-state index contributed by atoms with van der Waals surface area (Å²) in [4.78, 5) is 43.1. The van der Waals surface area contributed by atoms with E-state index in [0.717, 1.165) is 6.42 Å². The molecule has 132 valence electrons. The second-order valence-corrected chi connectivity index (χ2v) is 5.85. The Hall–Kier alpha value is -1.80. The number of aliphatic carboxylic acids is 1. The van der Waals surface area contributed by atoms with E-state index in [2.05, 4.69) is 0 Å². The van der Waals surface area contributed by atoms with Crippen LogP contribution in [0.4, 0.5) is 0 Å². The maximum atomic E-state index is 12.8. The van der Waals surface area contributed by atoms with Gasteiger partial charge in [-0.1, -0.05) is 20.3 Å². The zero-order valence-electron chi connectivity index (χ0n) is 13.7. The summed E-state index contributed by atoms with van der Waals surface area (Å²) in [5.41, 5.74) is 0. The van der Waals surface area contributed by atoms with E-state index in [1.807, 2.05) is 12.2 Å². The number of amides is 2. The van der Waals surface area contributed by atoms with Gasteiger partial charge in [-0.15, -0.1) is 0 Å². The summed E-state index contributed by atoms with van der Waals surface area (Å²) < 4.78 is -0.597. The first-order valence-corrected chi connectivity index (χ1v) is 7.80. The van der Waals surface area contributed by atoms with Gasteiger partial charge in [-0.05, 0) is 18.8 Å². The monoisotopic (exact) mass is 330 g/mol. The standard InChI is InChI=1S/C15H26N2O6/c1-3-4-7-17(23,8-5-12(2)10-15(21)22)9-6-13(19)16-14(20)11-18/h11-12H,3-10H2,1-2H3,(H,21,22)(H,16,19,20). The number of hydrogen-bond donors (Lipinski definition) is 2. The Morgan fingerprint density at radius 3 is 2.43 bits per heavy atom. The van der Waals surface area contributed by atoms with Gasteiger partial charge in [0.25, 0.3) is 5.91 Å². The van der Waals surface area contributed by atoms with E-state index in [4.69, 9.17) is 5.11 Å². The maximum absolute atomic E-state index is 12.8. The van der Waals surface area contributed by atoms with Gasteiger partial charge in [0.05, 0.1) is 26.1 Å². The van der Waals surface area contributed by atoms with Gasteiger partial charge in [-0.2, -0.15) is 0 Å². The normalized spacial score (nSPS) is 14.6. The fourth-order valence-electron chi connectivity index (χ4n) is 2.17. The van der Waals surface area contributed by atoms with Gasteiger partial charge in [-0.3, -0.25) is 24.5 Å². The first-order valence-electron chi connectivity index (χ1n) is 7.80. The molecule has 0 saturated carbocycles. The highest BCUT2D eigenvalue weighted by Crippen LogP contribution is 2.15. The van der Waals surface area contributed by atoms with Crippen LogP contribution in [0.5, 0.6) is 0 Å². The van der Waals surface area contributed by atoms with E-state index in [-0.39, 0.29) is 38.1 Å². The Bertz CT molecular complexity index is 426. The number of carboxylic acid groups (broad SMARTS) is 1. The topological polar surface area (TPSA) is 124 Å². The highest BCUT2D eigenvalue weighted by molar-refractivity contribution is 6.27. The summed E-state index contributed by atoms with van der Waals surface area (Å²) >= 11 is 0. The van der Waals surface area contributed by atoms with Crippen LogP contribution in [0.1, 0.15) is 46.0 Å². The van der Waals surface area contributed by atoms with E-state index in [1.165, 1.54) is 0 Å². The number of carbonyl (C=O) groups excluding carboxylic acids is 3. The van der Waals surface area contributed by atoms with Crippen LogP contribution >= 0.6 is 0 Å². The molecule has 0 aromatic rings. The Balaban J connectivity index is 4.51. The van der Waals surface area contributed by atoms with Crippen molar-refractivity contribution in [1.29, 1.82) is 0 Å². The van der Waals surface area contributed by atoms with Crippen molar-refractivity contribution < 1.29 is 28.9 Å². The van der Waals surface area contributed by atoms with Crippen LogP contribution in [0.3, 0.4) is 0 Å². The van der Waals surface area contributed by atoms with Gasteiger partial charge in [0.1, 0.15) is 0 Å². The fraction of sp³-hybridized carbons (Fsp3) is 0.733. The quantitative estimate of drug-likeness (QED) is 0.236. The first-order chi connectivity index (χ1) is 10.7. The number of carbonyl (C=O) groups is 4. The van der Waals surface area contributed by atoms with E-state index in [9.17, 15) is 24.4 Å². The Morgan fingerprint density at radius 1 is 1.26 bits per heavy atom. The van der Waals surface area contributed by atoms with E-state index in [0.29, 0.717) is 19.4 Å². The molecular weight excluding hydrogens is 304 g/mol.